The van der Waals surface area contributed by atoms with E-state index in [0.717, 1.165) is 12.0 Å². The molecule has 6 heteroatoms. The van der Waals surface area contributed by atoms with Gasteiger partial charge in [-0.25, -0.2) is 14.4 Å². The van der Waals surface area contributed by atoms with Crippen molar-refractivity contribution in [2.75, 3.05) is 10.6 Å². The van der Waals surface area contributed by atoms with Gasteiger partial charge in [-0.2, -0.15) is 0 Å². The molecule has 2 aromatic carbocycles. The highest BCUT2D eigenvalue weighted by atomic mass is 19.1. The predicted molar refractivity (Wildman–Crippen MR) is 105 cm³/mol. The second kappa shape index (κ2) is 8.40. The molecule has 3 rings (SSSR count). The van der Waals surface area contributed by atoms with Gasteiger partial charge in [-0.15, -0.1) is 0 Å². The molecule has 1 unspecified atom stereocenters. The Bertz CT molecular complexity index is 913. The first kappa shape index (κ1) is 18.5. The van der Waals surface area contributed by atoms with Gasteiger partial charge < -0.3 is 10.6 Å². The van der Waals surface area contributed by atoms with Gasteiger partial charge in [-0.3, -0.25) is 4.79 Å². The van der Waals surface area contributed by atoms with E-state index in [4.69, 9.17) is 0 Å². The van der Waals surface area contributed by atoms with Crippen LogP contribution in [0.2, 0.25) is 0 Å². The van der Waals surface area contributed by atoms with E-state index in [-0.39, 0.29) is 23.5 Å². The van der Waals surface area contributed by atoms with Gasteiger partial charge in [-0.05, 0) is 37.6 Å². The highest BCUT2D eigenvalue weighted by molar-refractivity contribution is 6.03. The minimum atomic E-state index is -0.381. The summed E-state index contributed by atoms with van der Waals surface area (Å²) in [4.78, 5) is 21.6. The molecule has 1 aromatic heterocycles. The zero-order valence-corrected chi connectivity index (χ0v) is 15.2. The lowest BCUT2D eigenvalue weighted by Gasteiger charge is -2.14. The average Bonchev–Trinajstić information content (AvgIpc) is 2.70. The Kier molecular flexibility index (Phi) is 5.76. The monoisotopic (exact) mass is 364 g/mol. The Balaban J connectivity index is 1.93. The molecule has 5 nitrogen and oxygen atoms in total. The molecular formula is C21H21FN4O. The Morgan fingerprint density at radius 2 is 1.78 bits per heavy atom. The lowest BCUT2D eigenvalue weighted by Crippen LogP contribution is -2.18. The summed E-state index contributed by atoms with van der Waals surface area (Å²) < 4.78 is 13.1. The van der Waals surface area contributed by atoms with Crippen molar-refractivity contribution in [3.8, 4) is 11.4 Å². The van der Waals surface area contributed by atoms with Crippen molar-refractivity contribution in [3.63, 3.8) is 0 Å². The number of rotatable bonds is 6. The molecule has 3 aromatic rings. The zero-order valence-electron chi connectivity index (χ0n) is 15.2. The second-order valence-corrected chi connectivity index (χ2v) is 6.24. The topological polar surface area (TPSA) is 66.9 Å². The molecule has 0 aliphatic heterocycles. The molecule has 1 amide bonds. The minimum absolute atomic E-state index is 0.205. The molecule has 0 saturated heterocycles. The van der Waals surface area contributed by atoms with Gasteiger partial charge in [0, 0.05) is 23.4 Å². The molecule has 0 saturated carbocycles. The number of halogens is 1. The van der Waals surface area contributed by atoms with Crippen molar-refractivity contribution in [3.05, 3.63) is 72.2 Å². The van der Waals surface area contributed by atoms with Crippen LogP contribution in [0.15, 0.2) is 60.7 Å². The van der Waals surface area contributed by atoms with Gasteiger partial charge in [-0.1, -0.05) is 37.3 Å². The van der Waals surface area contributed by atoms with Crippen LogP contribution in [0.4, 0.5) is 15.9 Å². The molecule has 0 fully saturated rings. The quantitative estimate of drug-likeness (QED) is 0.663. The van der Waals surface area contributed by atoms with Gasteiger partial charge in [0.05, 0.1) is 0 Å². The average molecular weight is 364 g/mol. The Morgan fingerprint density at radius 1 is 1.07 bits per heavy atom. The third kappa shape index (κ3) is 4.88. The van der Waals surface area contributed by atoms with Crippen molar-refractivity contribution in [1.82, 2.24) is 9.97 Å². The molecule has 1 atom stereocenters. The summed E-state index contributed by atoms with van der Waals surface area (Å²) in [6, 6.07) is 16.9. The lowest BCUT2D eigenvalue weighted by molar-refractivity contribution is 0.102. The van der Waals surface area contributed by atoms with Crippen molar-refractivity contribution in [1.29, 1.82) is 0 Å². The summed E-state index contributed by atoms with van der Waals surface area (Å²) in [5.41, 5.74) is 1.55. The van der Waals surface area contributed by atoms with Crippen LogP contribution in [0.25, 0.3) is 11.4 Å². The number of amides is 1. The molecule has 0 bridgehead atoms. The molecule has 138 valence electrons. The Labute approximate surface area is 157 Å². The number of carbonyl (C=O) groups excluding carboxylic acids is 1. The fourth-order valence-electron chi connectivity index (χ4n) is 2.44. The van der Waals surface area contributed by atoms with Crippen molar-refractivity contribution in [2.24, 2.45) is 0 Å². The zero-order chi connectivity index (χ0) is 19.2. The first-order chi connectivity index (χ1) is 13.0. The first-order valence-electron chi connectivity index (χ1n) is 8.83. The molecule has 0 radical (unpaired) electrons. The number of benzene rings is 2. The molecule has 0 spiro atoms. The Hall–Kier alpha value is -3.28. The van der Waals surface area contributed by atoms with E-state index in [2.05, 4.69) is 27.5 Å². The maximum Gasteiger partial charge on any atom is 0.274 e. The van der Waals surface area contributed by atoms with Crippen LogP contribution in [0.1, 0.15) is 30.8 Å². The third-order valence-electron chi connectivity index (χ3n) is 4.10. The fraction of sp³-hybridized carbons (Fsp3) is 0.190. The van der Waals surface area contributed by atoms with Crippen LogP contribution in [0.5, 0.6) is 0 Å². The van der Waals surface area contributed by atoms with E-state index < -0.39 is 0 Å². The van der Waals surface area contributed by atoms with Gasteiger partial charge in [0.1, 0.15) is 17.3 Å². The van der Waals surface area contributed by atoms with E-state index in [0.29, 0.717) is 17.3 Å². The number of hydrogen-bond acceptors (Lipinski definition) is 4. The SMILES string of the molecule is CCC(C)Nc1cc(C(=O)Nc2ccc(F)cc2)nc(-c2ccccc2)n1. The number of aromatic nitrogens is 2. The maximum absolute atomic E-state index is 13.1. The van der Waals surface area contributed by atoms with Crippen molar-refractivity contribution in [2.45, 2.75) is 26.3 Å². The van der Waals surface area contributed by atoms with E-state index in [1.807, 2.05) is 37.3 Å². The molecular weight excluding hydrogens is 343 g/mol. The number of nitrogens with one attached hydrogen (secondary N) is 2. The van der Waals surface area contributed by atoms with Crippen LogP contribution in [-0.4, -0.2) is 21.9 Å². The number of nitrogens with zero attached hydrogens (tertiary/aromatic N) is 2. The van der Waals surface area contributed by atoms with Crippen molar-refractivity contribution >= 4 is 17.4 Å². The third-order valence-corrected chi connectivity index (χ3v) is 4.10. The number of anilines is 2. The summed E-state index contributed by atoms with van der Waals surface area (Å²) in [5.74, 6) is 0.311. The van der Waals surface area contributed by atoms with Gasteiger partial charge in [0.15, 0.2) is 5.82 Å². The highest BCUT2D eigenvalue weighted by Gasteiger charge is 2.14. The van der Waals surface area contributed by atoms with Crippen LogP contribution in [0, 0.1) is 5.82 Å². The maximum atomic E-state index is 13.1. The Morgan fingerprint density at radius 3 is 2.44 bits per heavy atom. The molecule has 2 N–H and O–H groups in total. The van der Waals surface area contributed by atoms with Gasteiger partial charge in [0.25, 0.3) is 5.91 Å². The van der Waals surface area contributed by atoms with E-state index in [1.165, 1.54) is 24.3 Å². The number of carbonyl (C=O) groups is 1. The lowest BCUT2D eigenvalue weighted by atomic mass is 10.2. The summed E-state index contributed by atoms with van der Waals surface area (Å²) in [5, 5.41) is 6.02. The van der Waals surface area contributed by atoms with Gasteiger partial charge >= 0.3 is 0 Å². The van der Waals surface area contributed by atoms with E-state index >= 15 is 0 Å². The fourth-order valence-corrected chi connectivity index (χ4v) is 2.44. The summed E-state index contributed by atoms with van der Waals surface area (Å²) in [6.45, 7) is 4.11. The van der Waals surface area contributed by atoms with Crippen LogP contribution in [0.3, 0.4) is 0 Å². The molecule has 0 aliphatic carbocycles. The molecule has 1 heterocycles. The van der Waals surface area contributed by atoms with Gasteiger partial charge in [0.2, 0.25) is 0 Å². The first-order valence-corrected chi connectivity index (χ1v) is 8.83. The second-order valence-electron chi connectivity index (χ2n) is 6.24. The largest absolute Gasteiger partial charge is 0.367 e. The summed E-state index contributed by atoms with van der Waals surface area (Å²) in [7, 11) is 0. The predicted octanol–water partition coefficient (Wildman–Crippen LogP) is 4.75. The molecule has 27 heavy (non-hydrogen) atoms. The minimum Gasteiger partial charge on any atom is -0.367 e. The van der Waals surface area contributed by atoms with Crippen LogP contribution < -0.4 is 10.6 Å². The standard InChI is InChI=1S/C21H21FN4O/c1-3-14(2)23-19-13-18(21(27)24-17-11-9-16(22)10-12-17)25-20(26-19)15-7-5-4-6-8-15/h4-14H,3H2,1-2H3,(H,24,27)(H,23,25,26). The summed E-state index contributed by atoms with van der Waals surface area (Å²) >= 11 is 0. The van der Waals surface area contributed by atoms with Crippen molar-refractivity contribution < 1.29 is 9.18 Å². The summed E-state index contributed by atoms with van der Waals surface area (Å²) in [6.07, 6.45) is 0.918. The van der Waals surface area contributed by atoms with E-state index in [1.54, 1.807) is 6.07 Å². The smallest absolute Gasteiger partial charge is 0.274 e. The number of hydrogen-bond donors (Lipinski definition) is 2. The normalized spacial score (nSPS) is 11.7. The van der Waals surface area contributed by atoms with Crippen LogP contribution >= 0.6 is 0 Å². The highest BCUT2D eigenvalue weighted by Crippen LogP contribution is 2.19. The van der Waals surface area contributed by atoms with Crippen LogP contribution in [-0.2, 0) is 0 Å². The van der Waals surface area contributed by atoms with E-state index in [9.17, 15) is 9.18 Å². The molecule has 0 aliphatic rings.